The number of hydrogen-bond acceptors (Lipinski definition) is 6. The summed E-state index contributed by atoms with van der Waals surface area (Å²) in [5.74, 6) is -1.49. The topological polar surface area (TPSA) is 127 Å². The second-order valence-electron chi connectivity index (χ2n) is 4.86. The molecule has 0 fully saturated rings. The average molecular weight is 345 g/mol. The monoisotopic (exact) mass is 344 g/mol. The number of nitrogen functional groups attached to an aromatic ring is 1. The van der Waals surface area contributed by atoms with E-state index in [1.807, 2.05) is 6.07 Å². The Labute approximate surface area is 140 Å². The quantitative estimate of drug-likeness (QED) is 0.777. The molecule has 9 heteroatoms. The minimum absolute atomic E-state index is 0.0176. The maximum Gasteiger partial charge on any atom is 0.262 e. The van der Waals surface area contributed by atoms with Crippen LogP contribution in [0.15, 0.2) is 23.0 Å². The Bertz CT molecular complexity index is 1020. The maximum absolute atomic E-state index is 12.5. The number of carbonyl (C=O) groups excluding carboxylic acids is 2. The van der Waals surface area contributed by atoms with Gasteiger partial charge < -0.3 is 10.5 Å². The second-order valence-corrected chi connectivity index (χ2v) is 5.24. The van der Waals surface area contributed by atoms with Crippen LogP contribution in [0.2, 0.25) is 5.02 Å². The first-order chi connectivity index (χ1) is 11.4. The minimum Gasteiger partial charge on any atom is -0.495 e. The standard InChI is InChI=1S/C15H9ClN4O4/c1-24-8-3-2-6(5-17)12(11(8)16)20-9(21)4-7-10(13(20)18)15(23)19-14(7)22/h2-4H,18H2,1H3,(H,19,22,23). The summed E-state index contributed by atoms with van der Waals surface area (Å²) in [6, 6.07) is 5.76. The highest BCUT2D eigenvalue weighted by molar-refractivity contribution is 6.34. The lowest BCUT2D eigenvalue weighted by molar-refractivity contribution is 0.0880. The third kappa shape index (κ3) is 2.03. The molecule has 0 bridgehead atoms. The van der Waals surface area contributed by atoms with E-state index in [0.717, 1.165) is 10.6 Å². The molecule has 2 heterocycles. The first kappa shape index (κ1) is 15.6. The van der Waals surface area contributed by atoms with Crippen LogP contribution in [0.4, 0.5) is 5.82 Å². The summed E-state index contributed by atoms with van der Waals surface area (Å²) < 4.78 is 6.00. The van der Waals surface area contributed by atoms with Gasteiger partial charge in [-0.25, -0.2) is 0 Å². The van der Waals surface area contributed by atoms with Crippen LogP contribution in [0, 0.1) is 11.3 Å². The van der Waals surface area contributed by atoms with E-state index in [1.165, 1.54) is 19.2 Å². The fraction of sp³-hybridized carbons (Fsp3) is 0.0667. The van der Waals surface area contributed by atoms with Crippen molar-refractivity contribution < 1.29 is 14.3 Å². The number of halogens is 1. The van der Waals surface area contributed by atoms with Crippen molar-refractivity contribution in [2.75, 3.05) is 12.8 Å². The number of nitrogens with zero attached hydrogens (tertiary/aromatic N) is 2. The van der Waals surface area contributed by atoms with E-state index in [2.05, 4.69) is 5.32 Å². The summed E-state index contributed by atoms with van der Waals surface area (Å²) in [5, 5.41) is 11.3. The molecule has 0 saturated carbocycles. The lowest BCUT2D eigenvalue weighted by Crippen LogP contribution is -2.25. The number of anilines is 1. The molecular formula is C15H9ClN4O4. The van der Waals surface area contributed by atoms with Crippen LogP contribution < -0.4 is 21.3 Å². The van der Waals surface area contributed by atoms with Gasteiger partial charge in [0.2, 0.25) is 0 Å². The van der Waals surface area contributed by atoms with Crippen LogP contribution in [0.3, 0.4) is 0 Å². The highest BCUT2D eigenvalue weighted by Crippen LogP contribution is 2.35. The summed E-state index contributed by atoms with van der Waals surface area (Å²) in [5.41, 5.74) is 5.03. The molecule has 0 atom stereocenters. The Hall–Kier alpha value is -3.31. The predicted octanol–water partition coefficient (Wildman–Crippen LogP) is 0.837. The van der Waals surface area contributed by atoms with Gasteiger partial charge in [-0.2, -0.15) is 5.26 Å². The molecule has 3 N–H and O–H groups in total. The summed E-state index contributed by atoms with van der Waals surface area (Å²) in [7, 11) is 1.37. The number of nitrogens with two attached hydrogens (primary N) is 1. The number of methoxy groups -OCH3 is 1. The molecule has 1 aliphatic heterocycles. The van der Waals surface area contributed by atoms with Crippen molar-refractivity contribution >= 4 is 29.2 Å². The molecule has 0 spiro atoms. The van der Waals surface area contributed by atoms with Gasteiger partial charge >= 0.3 is 0 Å². The molecule has 0 aliphatic carbocycles. The van der Waals surface area contributed by atoms with Gasteiger partial charge in [-0.1, -0.05) is 11.6 Å². The molecule has 2 aromatic rings. The number of nitrogens with one attached hydrogen (secondary N) is 1. The molecule has 1 aliphatic rings. The number of rotatable bonds is 2. The zero-order valence-corrected chi connectivity index (χ0v) is 13.0. The number of fused-ring (bicyclic) bond motifs is 1. The third-order valence-corrected chi connectivity index (χ3v) is 3.96. The van der Waals surface area contributed by atoms with Gasteiger partial charge in [0.15, 0.2) is 0 Å². The number of imide groups is 1. The van der Waals surface area contributed by atoms with Crippen molar-refractivity contribution in [2.24, 2.45) is 0 Å². The minimum atomic E-state index is -0.723. The molecule has 8 nitrogen and oxygen atoms in total. The number of aromatic nitrogens is 1. The van der Waals surface area contributed by atoms with E-state index in [1.54, 1.807) is 0 Å². The van der Waals surface area contributed by atoms with Crippen LogP contribution in [-0.4, -0.2) is 23.5 Å². The SMILES string of the molecule is COc1ccc(C#N)c(-n2c(N)c3c(cc2=O)C(=O)NC3=O)c1Cl. The number of ether oxygens (including phenoxy) is 1. The van der Waals surface area contributed by atoms with Gasteiger partial charge in [-0.05, 0) is 12.1 Å². The Kier molecular flexibility index (Phi) is 3.51. The molecule has 1 aromatic carbocycles. The summed E-state index contributed by atoms with van der Waals surface area (Å²) >= 11 is 6.23. The van der Waals surface area contributed by atoms with Crippen LogP contribution in [0.5, 0.6) is 5.75 Å². The Morgan fingerprint density at radius 1 is 1.29 bits per heavy atom. The Balaban J connectivity index is 2.44. The van der Waals surface area contributed by atoms with E-state index in [4.69, 9.17) is 22.1 Å². The van der Waals surface area contributed by atoms with E-state index in [0.29, 0.717) is 0 Å². The fourth-order valence-electron chi connectivity index (χ4n) is 2.52. The average Bonchev–Trinajstić information content (AvgIpc) is 2.82. The molecule has 2 amide bonds. The van der Waals surface area contributed by atoms with Gasteiger partial charge in [0, 0.05) is 6.07 Å². The van der Waals surface area contributed by atoms with E-state index < -0.39 is 17.4 Å². The molecule has 0 radical (unpaired) electrons. The van der Waals surface area contributed by atoms with Crippen molar-refractivity contribution in [3.63, 3.8) is 0 Å². The highest BCUT2D eigenvalue weighted by Gasteiger charge is 2.32. The zero-order chi connectivity index (χ0) is 17.6. The number of amides is 2. The normalized spacial score (nSPS) is 12.5. The molecule has 1 aromatic heterocycles. The maximum atomic E-state index is 12.5. The highest BCUT2D eigenvalue weighted by atomic mass is 35.5. The largest absolute Gasteiger partial charge is 0.495 e. The molecule has 24 heavy (non-hydrogen) atoms. The second kappa shape index (κ2) is 5.40. The number of carbonyl (C=O) groups is 2. The van der Waals surface area contributed by atoms with Gasteiger partial charge in [-0.3, -0.25) is 24.3 Å². The molecule has 3 rings (SSSR count). The van der Waals surface area contributed by atoms with Crippen LogP contribution in [0.25, 0.3) is 5.69 Å². The first-order valence-corrected chi connectivity index (χ1v) is 6.96. The number of pyridine rings is 1. The molecule has 0 unspecified atom stereocenters. The first-order valence-electron chi connectivity index (χ1n) is 6.58. The van der Waals surface area contributed by atoms with Crippen molar-refractivity contribution in [2.45, 2.75) is 0 Å². The van der Waals surface area contributed by atoms with E-state index in [-0.39, 0.29) is 39.0 Å². The molecular weight excluding hydrogens is 336 g/mol. The third-order valence-electron chi connectivity index (χ3n) is 3.60. The van der Waals surface area contributed by atoms with E-state index >= 15 is 0 Å². The smallest absolute Gasteiger partial charge is 0.262 e. The van der Waals surface area contributed by atoms with Crippen molar-refractivity contribution in [3.05, 3.63) is 50.3 Å². The zero-order valence-electron chi connectivity index (χ0n) is 12.2. The lowest BCUT2D eigenvalue weighted by atomic mass is 10.1. The number of benzene rings is 1. The fourth-order valence-corrected chi connectivity index (χ4v) is 2.85. The van der Waals surface area contributed by atoms with Gasteiger partial charge in [0.25, 0.3) is 17.4 Å². The van der Waals surface area contributed by atoms with Gasteiger partial charge in [0.1, 0.15) is 22.7 Å². The molecule has 0 saturated heterocycles. The number of hydrogen-bond donors (Lipinski definition) is 2. The Morgan fingerprint density at radius 3 is 2.62 bits per heavy atom. The predicted molar refractivity (Wildman–Crippen MR) is 84.5 cm³/mol. The molecule has 120 valence electrons. The van der Waals surface area contributed by atoms with E-state index in [9.17, 15) is 19.6 Å². The summed E-state index contributed by atoms with van der Waals surface area (Å²) in [6.07, 6.45) is 0. The summed E-state index contributed by atoms with van der Waals surface area (Å²) in [4.78, 5) is 36.0. The van der Waals surface area contributed by atoms with Crippen LogP contribution in [-0.2, 0) is 0 Å². The van der Waals surface area contributed by atoms with Crippen LogP contribution in [0.1, 0.15) is 26.3 Å². The van der Waals surface area contributed by atoms with Crippen molar-refractivity contribution in [1.82, 2.24) is 9.88 Å². The van der Waals surface area contributed by atoms with Gasteiger partial charge in [-0.15, -0.1) is 0 Å². The van der Waals surface area contributed by atoms with Crippen molar-refractivity contribution in [1.29, 1.82) is 5.26 Å². The van der Waals surface area contributed by atoms with Crippen molar-refractivity contribution in [3.8, 4) is 17.5 Å². The van der Waals surface area contributed by atoms with Gasteiger partial charge in [0.05, 0.1) is 29.5 Å². The summed E-state index contributed by atoms with van der Waals surface area (Å²) in [6.45, 7) is 0. The Morgan fingerprint density at radius 2 is 2.00 bits per heavy atom. The number of nitriles is 1. The lowest BCUT2D eigenvalue weighted by Gasteiger charge is -2.16. The van der Waals surface area contributed by atoms with Crippen LogP contribution >= 0.6 is 11.6 Å².